The van der Waals surface area contributed by atoms with E-state index in [4.69, 9.17) is 10.5 Å². The second kappa shape index (κ2) is 6.15. The van der Waals surface area contributed by atoms with Crippen molar-refractivity contribution in [1.82, 2.24) is 0 Å². The molecule has 0 amide bonds. The molecule has 0 bridgehead atoms. The summed E-state index contributed by atoms with van der Waals surface area (Å²) < 4.78 is 5.46. The Bertz CT molecular complexity index is 646. The van der Waals surface area contributed by atoms with Gasteiger partial charge < -0.3 is 10.5 Å². The lowest BCUT2D eigenvalue weighted by Gasteiger charge is -2.59. The monoisotopic (exact) mass is 361 g/mol. The Labute approximate surface area is 155 Å². The smallest absolute Gasteiger partial charge is 0.319 e. The van der Waals surface area contributed by atoms with Crippen molar-refractivity contribution in [3.05, 3.63) is 0 Å². The van der Waals surface area contributed by atoms with Crippen LogP contribution in [0.5, 0.6) is 0 Å². The van der Waals surface area contributed by atoms with Crippen LogP contribution in [0.15, 0.2) is 0 Å². The minimum atomic E-state index is -0.377. The first kappa shape index (κ1) is 18.1. The van der Waals surface area contributed by atoms with Crippen LogP contribution in [-0.4, -0.2) is 30.2 Å². The average molecular weight is 361 g/mol. The van der Waals surface area contributed by atoms with E-state index < -0.39 is 0 Å². The van der Waals surface area contributed by atoms with Gasteiger partial charge in [0.25, 0.3) is 0 Å². The van der Waals surface area contributed by atoms with Crippen molar-refractivity contribution in [2.24, 2.45) is 40.2 Å². The fourth-order valence-corrected chi connectivity index (χ4v) is 7.12. The van der Waals surface area contributed by atoms with Crippen LogP contribution >= 0.6 is 0 Å². The molecule has 0 aromatic heterocycles. The van der Waals surface area contributed by atoms with Crippen molar-refractivity contribution in [3.8, 4) is 0 Å². The normalized spacial score (nSPS) is 47.7. The Morgan fingerprint density at radius 1 is 1.15 bits per heavy atom. The molecule has 0 saturated heterocycles. The number of fused-ring (bicyclic) bond motifs is 5. The summed E-state index contributed by atoms with van der Waals surface area (Å²) in [5.74, 6) is 1.59. The largest absolute Gasteiger partial charge is 0.461 e. The van der Waals surface area contributed by atoms with E-state index in [0.29, 0.717) is 48.6 Å². The first-order valence-corrected chi connectivity index (χ1v) is 10.2. The van der Waals surface area contributed by atoms with Crippen molar-refractivity contribution in [1.29, 1.82) is 0 Å². The molecule has 4 saturated carbocycles. The van der Waals surface area contributed by atoms with Gasteiger partial charge in [0.15, 0.2) is 0 Å². The van der Waals surface area contributed by atoms with Gasteiger partial charge in [-0.15, -0.1) is 0 Å². The van der Waals surface area contributed by atoms with Crippen LogP contribution in [0.4, 0.5) is 0 Å². The van der Waals surface area contributed by atoms with E-state index in [0.717, 1.165) is 32.1 Å². The number of nitrogens with two attached hydrogens (primary N) is 1. The zero-order chi connectivity index (χ0) is 18.7. The van der Waals surface area contributed by atoms with Gasteiger partial charge in [-0.1, -0.05) is 13.8 Å². The molecule has 0 aromatic rings. The number of carbonyl (C=O) groups excluding carboxylic acids is 3. The molecule has 7 atom stereocenters. The van der Waals surface area contributed by atoms with Crippen molar-refractivity contribution in [2.45, 2.75) is 71.3 Å². The van der Waals surface area contributed by atoms with Gasteiger partial charge in [0.05, 0.1) is 6.54 Å². The zero-order valence-electron chi connectivity index (χ0n) is 16.0. The van der Waals surface area contributed by atoms with Crippen LogP contribution in [0, 0.1) is 34.5 Å². The maximum Gasteiger partial charge on any atom is 0.319 e. The summed E-state index contributed by atoms with van der Waals surface area (Å²) in [5.41, 5.74) is 5.15. The topological polar surface area (TPSA) is 86.5 Å². The highest BCUT2D eigenvalue weighted by Gasteiger charge is 2.62. The number of ketones is 2. The number of rotatable bonds is 2. The molecule has 0 aliphatic heterocycles. The van der Waals surface area contributed by atoms with E-state index in [9.17, 15) is 14.4 Å². The number of Topliss-reactive ketones (excluding diaryl/α,β-unsaturated/α-hetero) is 2. The van der Waals surface area contributed by atoms with Crippen molar-refractivity contribution < 1.29 is 19.1 Å². The molecule has 2 N–H and O–H groups in total. The number of hydrogen-bond donors (Lipinski definition) is 1. The van der Waals surface area contributed by atoms with Gasteiger partial charge in [0, 0.05) is 24.2 Å². The average Bonchev–Trinajstić information content (AvgIpc) is 2.91. The third-order valence-electron chi connectivity index (χ3n) is 8.58. The third kappa shape index (κ3) is 2.49. The van der Waals surface area contributed by atoms with E-state index in [2.05, 4.69) is 13.8 Å². The van der Waals surface area contributed by atoms with Crippen LogP contribution < -0.4 is 5.73 Å². The van der Waals surface area contributed by atoms with Crippen LogP contribution in [-0.2, 0) is 19.1 Å². The van der Waals surface area contributed by atoms with Crippen LogP contribution in [0.3, 0.4) is 0 Å². The molecular formula is C21H31NO4. The molecule has 4 fully saturated rings. The van der Waals surface area contributed by atoms with Crippen LogP contribution in [0.25, 0.3) is 0 Å². The van der Waals surface area contributed by atoms with Gasteiger partial charge in [-0.3, -0.25) is 14.4 Å². The summed E-state index contributed by atoms with van der Waals surface area (Å²) >= 11 is 0. The molecule has 4 aliphatic carbocycles. The molecule has 0 spiro atoms. The fraction of sp³-hybridized carbons (Fsp3) is 0.857. The SMILES string of the molecule is C[C@]12CC[C@H](OC(=O)CN)CC1C(=O)C[C@@H]1[C@@H]2CC[C@]2(C)C(=O)CC[C@@H]12. The second-order valence-electron chi connectivity index (χ2n) is 9.61. The first-order valence-electron chi connectivity index (χ1n) is 10.2. The molecule has 4 rings (SSSR count). The predicted octanol–water partition coefficient (Wildman–Crippen LogP) is 2.65. The van der Waals surface area contributed by atoms with Crippen molar-refractivity contribution in [3.63, 3.8) is 0 Å². The van der Waals surface area contributed by atoms with Crippen molar-refractivity contribution in [2.75, 3.05) is 6.54 Å². The number of ether oxygens (including phenoxy) is 1. The Balaban J connectivity index is 1.57. The molecule has 0 radical (unpaired) electrons. The molecule has 4 aliphatic rings. The Hall–Kier alpha value is -1.23. The summed E-state index contributed by atoms with van der Waals surface area (Å²) in [4.78, 5) is 37.1. The van der Waals surface area contributed by atoms with Gasteiger partial charge in [-0.05, 0) is 61.7 Å². The van der Waals surface area contributed by atoms with Crippen LogP contribution in [0.1, 0.15) is 65.2 Å². The molecular weight excluding hydrogens is 330 g/mol. The Morgan fingerprint density at radius 3 is 2.65 bits per heavy atom. The fourth-order valence-electron chi connectivity index (χ4n) is 7.12. The number of esters is 1. The highest BCUT2D eigenvalue weighted by atomic mass is 16.5. The van der Waals surface area contributed by atoms with E-state index in [1.807, 2.05) is 0 Å². The highest BCUT2D eigenvalue weighted by Crippen LogP contribution is 2.64. The highest BCUT2D eigenvalue weighted by molar-refractivity contribution is 5.88. The van der Waals surface area contributed by atoms with Gasteiger partial charge in [0.2, 0.25) is 0 Å². The second-order valence-corrected chi connectivity index (χ2v) is 9.61. The van der Waals surface area contributed by atoms with Gasteiger partial charge in [0.1, 0.15) is 17.7 Å². The minimum absolute atomic E-state index is 0.0153. The van der Waals surface area contributed by atoms with Crippen LogP contribution in [0.2, 0.25) is 0 Å². The standard InChI is InChI=1S/C21H31NO4/c1-20-7-5-12(26-19(25)11-22)9-16(20)17(23)10-13-14-3-4-18(24)21(14,2)8-6-15(13)20/h12-16H,3-11,22H2,1-2H3/t12-,13-,14-,15-,16?,20+,21-/m0/s1. The quantitative estimate of drug-likeness (QED) is 0.764. The lowest BCUT2D eigenvalue weighted by atomic mass is 9.45. The molecule has 144 valence electrons. The lowest BCUT2D eigenvalue weighted by Crippen LogP contribution is -2.57. The molecule has 0 heterocycles. The summed E-state index contributed by atoms with van der Waals surface area (Å²) in [6.45, 7) is 4.32. The summed E-state index contributed by atoms with van der Waals surface area (Å²) in [6, 6.07) is 0. The summed E-state index contributed by atoms with van der Waals surface area (Å²) in [7, 11) is 0. The van der Waals surface area contributed by atoms with Gasteiger partial charge in [-0.25, -0.2) is 0 Å². The first-order chi connectivity index (χ1) is 12.3. The summed E-state index contributed by atoms with van der Waals surface area (Å²) in [6.07, 6.45) is 6.49. The Morgan fingerprint density at radius 2 is 1.92 bits per heavy atom. The van der Waals surface area contributed by atoms with Crippen molar-refractivity contribution >= 4 is 17.5 Å². The minimum Gasteiger partial charge on any atom is -0.461 e. The Kier molecular flexibility index (Phi) is 4.29. The van der Waals surface area contributed by atoms with Gasteiger partial charge in [-0.2, -0.15) is 0 Å². The maximum absolute atomic E-state index is 13.1. The number of hydrogen-bond acceptors (Lipinski definition) is 5. The molecule has 1 unspecified atom stereocenters. The van der Waals surface area contributed by atoms with E-state index in [1.54, 1.807) is 0 Å². The van der Waals surface area contributed by atoms with Gasteiger partial charge >= 0.3 is 5.97 Å². The van der Waals surface area contributed by atoms with E-state index in [-0.39, 0.29) is 35.4 Å². The number of carbonyl (C=O) groups is 3. The lowest BCUT2D eigenvalue weighted by molar-refractivity contribution is -0.169. The molecule has 0 aromatic carbocycles. The predicted molar refractivity (Wildman–Crippen MR) is 96.1 cm³/mol. The third-order valence-corrected chi connectivity index (χ3v) is 8.58. The molecule has 5 nitrogen and oxygen atoms in total. The molecule has 26 heavy (non-hydrogen) atoms. The van der Waals surface area contributed by atoms with E-state index in [1.165, 1.54) is 0 Å². The van der Waals surface area contributed by atoms with E-state index >= 15 is 0 Å². The summed E-state index contributed by atoms with van der Waals surface area (Å²) in [5, 5.41) is 0. The maximum atomic E-state index is 13.1. The molecule has 5 heteroatoms. The zero-order valence-corrected chi connectivity index (χ0v) is 16.0.